The minimum Gasteiger partial charge on any atom is -0.366 e. The molecule has 3 aromatic heterocycles. The third-order valence-corrected chi connectivity index (χ3v) is 8.27. The van der Waals surface area contributed by atoms with Crippen LogP contribution in [0.1, 0.15) is 38.5 Å². The number of nitrogens with zero attached hydrogens (tertiary/aromatic N) is 4. The van der Waals surface area contributed by atoms with E-state index in [2.05, 4.69) is 15.6 Å². The second kappa shape index (κ2) is 7.79. The predicted molar refractivity (Wildman–Crippen MR) is 118 cm³/mol. The number of benzene rings is 1. The SMILES string of the molecule is O=S(=O)(c1cccc(Cl)c1)c1nnn2c1nc(NC1CCCCCC1)c1sccc12. The van der Waals surface area contributed by atoms with Gasteiger partial charge in [-0.1, -0.05) is 48.6 Å². The van der Waals surface area contributed by atoms with Crippen molar-refractivity contribution in [3.8, 4) is 0 Å². The van der Waals surface area contributed by atoms with Gasteiger partial charge in [-0.25, -0.2) is 13.4 Å². The number of thiophene rings is 1. The molecule has 30 heavy (non-hydrogen) atoms. The molecule has 0 bridgehead atoms. The van der Waals surface area contributed by atoms with Crippen molar-refractivity contribution in [1.29, 1.82) is 0 Å². The van der Waals surface area contributed by atoms with Crippen LogP contribution in [0.5, 0.6) is 0 Å². The Labute approximate surface area is 183 Å². The van der Waals surface area contributed by atoms with Crippen molar-refractivity contribution in [2.24, 2.45) is 0 Å². The second-order valence-electron chi connectivity index (χ2n) is 7.52. The Morgan fingerprint density at radius 1 is 1.13 bits per heavy atom. The summed E-state index contributed by atoms with van der Waals surface area (Å²) < 4.78 is 28.9. The highest BCUT2D eigenvalue weighted by Gasteiger charge is 2.28. The highest BCUT2D eigenvalue weighted by Crippen LogP contribution is 2.33. The van der Waals surface area contributed by atoms with Crippen molar-refractivity contribution in [2.45, 2.75) is 54.5 Å². The Balaban J connectivity index is 1.65. The number of sulfone groups is 1. The minimum atomic E-state index is -3.92. The first-order chi connectivity index (χ1) is 14.5. The first kappa shape index (κ1) is 19.7. The van der Waals surface area contributed by atoms with E-state index >= 15 is 0 Å². The van der Waals surface area contributed by atoms with Crippen molar-refractivity contribution in [2.75, 3.05) is 5.32 Å². The van der Waals surface area contributed by atoms with Crippen LogP contribution in [0, 0.1) is 0 Å². The molecular weight excluding hydrogens is 442 g/mol. The van der Waals surface area contributed by atoms with E-state index < -0.39 is 9.84 Å². The normalized spacial score (nSPS) is 16.2. The predicted octanol–water partition coefficient (Wildman–Crippen LogP) is 4.96. The van der Waals surface area contributed by atoms with Crippen molar-refractivity contribution < 1.29 is 8.42 Å². The van der Waals surface area contributed by atoms with Crippen LogP contribution in [0.25, 0.3) is 15.9 Å². The molecule has 1 aliphatic rings. The van der Waals surface area contributed by atoms with E-state index in [9.17, 15) is 8.42 Å². The summed E-state index contributed by atoms with van der Waals surface area (Å²) in [5, 5.41) is 13.8. The quantitative estimate of drug-likeness (QED) is 0.432. The molecule has 5 rings (SSSR count). The molecule has 1 saturated carbocycles. The summed E-state index contributed by atoms with van der Waals surface area (Å²) in [5.74, 6) is 0.698. The van der Waals surface area contributed by atoms with E-state index in [-0.39, 0.29) is 15.6 Å². The van der Waals surface area contributed by atoms with E-state index in [4.69, 9.17) is 16.6 Å². The summed E-state index contributed by atoms with van der Waals surface area (Å²) in [5.41, 5.74) is 1.01. The standard InChI is InChI=1S/C20H20ClN5O2S2/c21-13-6-5-9-15(12-13)30(27,28)20-19-23-18(22-14-7-3-1-2-4-8-14)17-16(10-11-29-17)26(19)25-24-20/h5-6,9-12,14H,1-4,7-8H2,(H,22,23). The molecule has 0 saturated heterocycles. The lowest BCUT2D eigenvalue weighted by Crippen LogP contribution is -2.19. The number of fused-ring (bicyclic) bond motifs is 3. The Morgan fingerprint density at radius 3 is 2.70 bits per heavy atom. The molecule has 1 N–H and O–H groups in total. The van der Waals surface area contributed by atoms with Crippen LogP contribution in [0.3, 0.4) is 0 Å². The second-order valence-corrected chi connectivity index (χ2v) is 10.7. The molecule has 10 heteroatoms. The van der Waals surface area contributed by atoms with Crippen molar-refractivity contribution in [3.05, 3.63) is 40.7 Å². The largest absolute Gasteiger partial charge is 0.366 e. The van der Waals surface area contributed by atoms with Gasteiger partial charge < -0.3 is 5.32 Å². The molecule has 156 valence electrons. The summed E-state index contributed by atoms with van der Waals surface area (Å²) >= 11 is 7.57. The van der Waals surface area contributed by atoms with Gasteiger partial charge in [0.1, 0.15) is 5.82 Å². The van der Waals surface area contributed by atoms with Gasteiger partial charge in [0.25, 0.3) is 0 Å². The van der Waals surface area contributed by atoms with Crippen LogP contribution in [0.4, 0.5) is 5.82 Å². The smallest absolute Gasteiger partial charge is 0.229 e. The van der Waals surface area contributed by atoms with E-state index in [0.29, 0.717) is 16.9 Å². The summed E-state index contributed by atoms with van der Waals surface area (Å²) in [4.78, 5) is 4.77. The fraction of sp³-hybridized carbons (Fsp3) is 0.350. The van der Waals surface area contributed by atoms with Crippen LogP contribution in [-0.2, 0) is 9.84 Å². The molecule has 0 radical (unpaired) electrons. The maximum atomic E-state index is 13.2. The Bertz CT molecular complexity index is 1320. The van der Waals surface area contributed by atoms with Gasteiger partial charge in [-0.15, -0.1) is 16.4 Å². The van der Waals surface area contributed by atoms with Gasteiger partial charge in [0.05, 0.1) is 15.1 Å². The number of nitrogens with one attached hydrogen (secondary N) is 1. The average Bonchev–Trinajstić information content (AvgIpc) is 3.30. The highest BCUT2D eigenvalue weighted by atomic mass is 35.5. The zero-order valence-electron chi connectivity index (χ0n) is 16.1. The fourth-order valence-electron chi connectivity index (χ4n) is 3.96. The molecule has 4 aromatic rings. The summed E-state index contributed by atoms with van der Waals surface area (Å²) in [6.45, 7) is 0. The lowest BCUT2D eigenvalue weighted by Gasteiger charge is -2.17. The van der Waals surface area contributed by atoms with Crippen molar-refractivity contribution >= 4 is 54.5 Å². The lowest BCUT2D eigenvalue weighted by atomic mass is 10.1. The number of anilines is 1. The van der Waals surface area contributed by atoms with Gasteiger partial charge >= 0.3 is 0 Å². The zero-order valence-corrected chi connectivity index (χ0v) is 18.5. The molecule has 7 nitrogen and oxygen atoms in total. The Hall–Kier alpha value is -2.23. The molecule has 1 aromatic carbocycles. The fourth-order valence-corrected chi connectivity index (χ4v) is 6.32. The highest BCUT2D eigenvalue weighted by molar-refractivity contribution is 7.91. The first-order valence-electron chi connectivity index (χ1n) is 9.94. The number of hydrogen-bond acceptors (Lipinski definition) is 7. The van der Waals surface area contributed by atoms with E-state index in [0.717, 1.165) is 23.1 Å². The minimum absolute atomic E-state index is 0.0721. The summed E-state index contributed by atoms with van der Waals surface area (Å²) in [7, 11) is -3.92. The lowest BCUT2D eigenvalue weighted by molar-refractivity contribution is 0.592. The summed E-state index contributed by atoms with van der Waals surface area (Å²) in [6.07, 6.45) is 7.07. The number of aromatic nitrogens is 4. The average molecular weight is 462 g/mol. The molecule has 1 fully saturated rings. The van der Waals surface area contributed by atoms with Crippen molar-refractivity contribution in [1.82, 2.24) is 19.8 Å². The van der Waals surface area contributed by atoms with Gasteiger partial charge in [0.2, 0.25) is 14.9 Å². The third-order valence-electron chi connectivity index (χ3n) is 5.48. The maximum Gasteiger partial charge on any atom is 0.229 e. The van der Waals surface area contributed by atoms with Gasteiger partial charge in [-0.05, 0) is 42.5 Å². The van der Waals surface area contributed by atoms with Crippen LogP contribution in [-0.4, -0.2) is 34.3 Å². The number of halogens is 1. The third kappa shape index (κ3) is 3.44. The monoisotopic (exact) mass is 461 g/mol. The van der Waals surface area contributed by atoms with Gasteiger partial charge in [0.15, 0.2) is 5.65 Å². The molecular formula is C20H20ClN5O2S2. The zero-order chi connectivity index (χ0) is 20.7. The molecule has 3 heterocycles. The Morgan fingerprint density at radius 2 is 1.93 bits per heavy atom. The van der Waals surface area contributed by atoms with Crippen molar-refractivity contribution in [3.63, 3.8) is 0 Å². The van der Waals surface area contributed by atoms with Crippen LogP contribution in [0.2, 0.25) is 5.02 Å². The molecule has 1 aliphatic carbocycles. The van der Waals surface area contributed by atoms with Gasteiger partial charge in [-0.3, -0.25) is 0 Å². The van der Waals surface area contributed by atoms with E-state index in [1.54, 1.807) is 23.5 Å². The number of rotatable bonds is 4. The molecule has 0 atom stereocenters. The van der Waals surface area contributed by atoms with E-state index in [1.807, 2.05) is 11.4 Å². The van der Waals surface area contributed by atoms with E-state index in [1.165, 1.54) is 42.3 Å². The van der Waals surface area contributed by atoms with Crippen LogP contribution >= 0.6 is 22.9 Å². The topological polar surface area (TPSA) is 89.2 Å². The Kier molecular flexibility index (Phi) is 5.12. The summed E-state index contributed by atoms with van der Waals surface area (Å²) in [6, 6.07) is 8.39. The van der Waals surface area contributed by atoms with Crippen LogP contribution < -0.4 is 5.32 Å². The molecule has 0 amide bonds. The molecule has 0 unspecified atom stereocenters. The first-order valence-corrected chi connectivity index (χ1v) is 12.7. The number of hydrogen-bond donors (Lipinski definition) is 1. The van der Waals surface area contributed by atoms with Crippen LogP contribution in [0.15, 0.2) is 45.6 Å². The molecule has 0 spiro atoms. The maximum absolute atomic E-state index is 13.2. The van der Waals surface area contributed by atoms with Gasteiger partial charge in [0, 0.05) is 11.1 Å². The molecule has 0 aliphatic heterocycles. The van der Waals surface area contributed by atoms with Gasteiger partial charge in [-0.2, -0.15) is 4.52 Å².